The summed E-state index contributed by atoms with van der Waals surface area (Å²) in [5.74, 6) is 0.298. The number of nitrogens with zero attached hydrogens (tertiary/aromatic N) is 2. The predicted molar refractivity (Wildman–Crippen MR) is 195 cm³/mol. The molecule has 2 heterocycles. The molecule has 0 aromatic heterocycles. The maximum atomic E-state index is 13.5. The minimum Gasteiger partial charge on any atom is -0.337 e. The van der Waals surface area contributed by atoms with Gasteiger partial charge in [-0.1, -0.05) is 78.9 Å². The number of benzene rings is 6. The summed E-state index contributed by atoms with van der Waals surface area (Å²) < 4.78 is 80.5. The van der Waals surface area contributed by atoms with Crippen LogP contribution in [0.1, 0.15) is 29.0 Å². The van der Waals surface area contributed by atoms with Gasteiger partial charge in [0.05, 0.1) is 11.1 Å². The summed E-state index contributed by atoms with van der Waals surface area (Å²) in [5.41, 5.74) is 5.60. The van der Waals surface area contributed by atoms with Gasteiger partial charge in [-0.15, -0.1) is 0 Å². The van der Waals surface area contributed by atoms with Gasteiger partial charge in [0, 0.05) is 46.9 Å². The second-order valence-corrected chi connectivity index (χ2v) is 13.2. The lowest BCUT2D eigenvalue weighted by Gasteiger charge is -2.34. The van der Waals surface area contributed by atoms with Crippen molar-refractivity contribution in [2.75, 3.05) is 22.9 Å². The number of para-hydroxylation sites is 2. The van der Waals surface area contributed by atoms with Crippen LogP contribution in [-0.4, -0.2) is 19.1 Å². The van der Waals surface area contributed by atoms with E-state index in [1.54, 1.807) is 24.3 Å². The highest BCUT2D eigenvalue weighted by atomic mass is 19.4. The number of alkyl halides is 6. The van der Waals surface area contributed by atoms with E-state index in [1.807, 2.05) is 48.5 Å². The smallest absolute Gasteiger partial charge is 0.337 e. The van der Waals surface area contributed by atoms with E-state index in [2.05, 4.69) is 69.7 Å². The maximum absolute atomic E-state index is 13.5. The average molecular weight is 706 g/mol. The van der Waals surface area contributed by atoms with Crippen LogP contribution in [0.15, 0.2) is 146 Å². The highest BCUT2D eigenvalue weighted by Crippen LogP contribution is 2.50. The number of rotatable bonds is 6. The van der Waals surface area contributed by atoms with E-state index in [0.29, 0.717) is 23.6 Å². The minimum atomic E-state index is -5.14. The second kappa shape index (κ2) is 13.2. The van der Waals surface area contributed by atoms with Crippen LogP contribution in [0.25, 0.3) is 22.3 Å². The lowest BCUT2D eigenvalue weighted by molar-refractivity contribution is -0.162. The molecule has 1 saturated heterocycles. The molecule has 2 aliphatic heterocycles. The molecule has 0 saturated carbocycles. The van der Waals surface area contributed by atoms with Gasteiger partial charge in [0.25, 0.3) is 0 Å². The molecule has 1 fully saturated rings. The summed E-state index contributed by atoms with van der Waals surface area (Å²) in [4.78, 5) is 4.72. The number of piperidine rings is 1. The van der Waals surface area contributed by atoms with E-state index in [9.17, 15) is 26.3 Å². The molecule has 0 amide bonds. The molecule has 0 bridgehead atoms. The van der Waals surface area contributed by atoms with Crippen molar-refractivity contribution in [3.8, 4) is 22.3 Å². The van der Waals surface area contributed by atoms with Crippen LogP contribution in [0.4, 0.5) is 54.8 Å². The summed E-state index contributed by atoms with van der Waals surface area (Å²) in [6, 6.07) is 44.9. The highest BCUT2D eigenvalue weighted by molar-refractivity contribution is 5.82. The molecule has 6 aromatic rings. The number of hydrogen-bond donors (Lipinski definition) is 1. The van der Waals surface area contributed by atoms with E-state index in [1.165, 1.54) is 11.3 Å². The molecule has 1 N–H and O–H groups in total. The van der Waals surface area contributed by atoms with Crippen molar-refractivity contribution in [3.63, 3.8) is 0 Å². The molecule has 8 rings (SSSR count). The Bertz CT molecular complexity index is 2140. The normalized spacial score (nSPS) is 17.1. The van der Waals surface area contributed by atoms with Crippen molar-refractivity contribution in [2.45, 2.75) is 30.7 Å². The average Bonchev–Trinajstić information content (AvgIpc) is 3.49. The first kappa shape index (κ1) is 33.6. The zero-order valence-electron chi connectivity index (χ0n) is 27.8. The van der Waals surface area contributed by atoms with Gasteiger partial charge in [-0.2, -0.15) is 26.3 Å². The first-order chi connectivity index (χ1) is 25.1. The fraction of sp³-hybridized carbons (Fsp3) is 0.163. The largest absolute Gasteiger partial charge is 0.417 e. The van der Waals surface area contributed by atoms with E-state index < -0.39 is 23.5 Å². The van der Waals surface area contributed by atoms with Crippen molar-refractivity contribution in [1.82, 2.24) is 5.32 Å². The number of fused-ring (bicyclic) bond motifs is 3. The Hall–Kier alpha value is -5.54. The van der Waals surface area contributed by atoms with Gasteiger partial charge >= 0.3 is 12.4 Å². The molecular formula is C43H33F6N3. The molecular weight excluding hydrogens is 672 g/mol. The SMILES string of the molecule is FC(F)(F)c1ccc(-c2ccc(-c3ccc(N4c5ccc(N(c6ccccc6)c6ccccc6)cc5C5CNCCC54)cc3)cc2)cc1C(F)(F)F. The summed E-state index contributed by atoms with van der Waals surface area (Å²) in [6.45, 7) is 1.80. The minimum absolute atomic E-state index is 0.0604. The van der Waals surface area contributed by atoms with Crippen LogP contribution >= 0.6 is 0 Å². The van der Waals surface area contributed by atoms with Crippen LogP contribution in [0.2, 0.25) is 0 Å². The number of anilines is 5. The third kappa shape index (κ3) is 6.30. The summed E-state index contributed by atoms with van der Waals surface area (Å²) in [7, 11) is 0. The Balaban J connectivity index is 1.09. The van der Waals surface area contributed by atoms with Gasteiger partial charge in [-0.25, -0.2) is 0 Å². The zero-order chi connectivity index (χ0) is 36.0. The third-order valence-corrected chi connectivity index (χ3v) is 10.1. The Labute approximate surface area is 297 Å². The van der Waals surface area contributed by atoms with Gasteiger partial charge in [0.1, 0.15) is 0 Å². The molecule has 2 unspecified atom stereocenters. The Morgan fingerprint density at radius 2 is 1.08 bits per heavy atom. The zero-order valence-corrected chi connectivity index (χ0v) is 27.8. The molecule has 9 heteroatoms. The van der Waals surface area contributed by atoms with Crippen molar-refractivity contribution < 1.29 is 26.3 Å². The molecule has 3 nitrogen and oxygen atoms in total. The van der Waals surface area contributed by atoms with Crippen molar-refractivity contribution in [1.29, 1.82) is 0 Å². The summed E-state index contributed by atoms with van der Waals surface area (Å²) in [6.07, 6.45) is -9.27. The standard InChI is InChI=1S/C43H33F6N3/c44-42(45,46)38-21-17-31(25-39(38)43(47,48)49)30-13-11-28(12-14-30)29-15-18-34(19-16-29)52-40-22-20-35(26-36(40)37-27-50-24-23-41(37)52)51(32-7-3-1-4-8-32)33-9-5-2-6-10-33/h1-22,25-26,37,41,50H,23-24,27H2. The molecule has 262 valence electrons. The fourth-order valence-corrected chi connectivity index (χ4v) is 7.65. The molecule has 6 aromatic carbocycles. The van der Waals surface area contributed by atoms with Gasteiger partial charge in [0.2, 0.25) is 0 Å². The highest BCUT2D eigenvalue weighted by Gasteiger charge is 2.43. The van der Waals surface area contributed by atoms with Crippen LogP contribution < -0.4 is 15.1 Å². The fourth-order valence-electron chi connectivity index (χ4n) is 7.65. The quantitative estimate of drug-likeness (QED) is 0.174. The Morgan fingerprint density at radius 3 is 1.65 bits per heavy atom. The molecule has 2 atom stereocenters. The molecule has 0 radical (unpaired) electrons. The topological polar surface area (TPSA) is 18.5 Å². The molecule has 2 aliphatic rings. The maximum Gasteiger partial charge on any atom is 0.417 e. The van der Waals surface area contributed by atoms with E-state index >= 15 is 0 Å². The lowest BCUT2D eigenvalue weighted by atomic mass is 9.89. The summed E-state index contributed by atoms with van der Waals surface area (Å²) >= 11 is 0. The van der Waals surface area contributed by atoms with Gasteiger partial charge in [0.15, 0.2) is 0 Å². The lowest BCUT2D eigenvalue weighted by Crippen LogP contribution is -2.42. The first-order valence-corrected chi connectivity index (χ1v) is 17.1. The van der Waals surface area contributed by atoms with Crippen LogP contribution in [0.3, 0.4) is 0 Å². The van der Waals surface area contributed by atoms with Crippen molar-refractivity contribution >= 4 is 28.4 Å². The number of hydrogen-bond acceptors (Lipinski definition) is 3. The Kier molecular flexibility index (Phi) is 8.54. The second-order valence-electron chi connectivity index (χ2n) is 13.2. The van der Waals surface area contributed by atoms with Gasteiger partial charge in [-0.05, 0) is 108 Å². The van der Waals surface area contributed by atoms with Crippen LogP contribution in [0.5, 0.6) is 0 Å². The first-order valence-electron chi connectivity index (χ1n) is 17.1. The van der Waals surface area contributed by atoms with Gasteiger partial charge in [-0.3, -0.25) is 0 Å². The van der Waals surface area contributed by atoms with E-state index in [0.717, 1.165) is 59.5 Å². The number of halogens is 6. The molecule has 0 aliphatic carbocycles. The van der Waals surface area contributed by atoms with Crippen molar-refractivity contribution in [3.05, 3.63) is 162 Å². The van der Waals surface area contributed by atoms with Crippen LogP contribution in [0, 0.1) is 0 Å². The van der Waals surface area contributed by atoms with E-state index in [4.69, 9.17) is 0 Å². The third-order valence-electron chi connectivity index (χ3n) is 10.1. The Morgan fingerprint density at radius 1 is 0.538 bits per heavy atom. The monoisotopic (exact) mass is 705 g/mol. The van der Waals surface area contributed by atoms with Crippen molar-refractivity contribution in [2.24, 2.45) is 0 Å². The summed E-state index contributed by atoms with van der Waals surface area (Å²) in [5, 5.41) is 3.60. The van der Waals surface area contributed by atoms with Gasteiger partial charge < -0.3 is 15.1 Å². The van der Waals surface area contributed by atoms with E-state index in [-0.39, 0.29) is 11.6 Å². The molecule has 0 spiro atoms. The molecule has 52 heavy (non-hydrogen) atoms. The number of nitrogens with one attached hydrogen (secondary N) is 1. The van der Waals surface area contributed by atoms with Crippen LogP contribution in [-0.2, 0) is 12.4 Å². The predicted octanol–water partition coefficient (Wildman–Crippen LogP) is 12.1.